The first-order chi connectivity index (χ1) is 10.3. The van der Waals surface area contributed by atoms with Crippen LogP contribution in [0.25, 0.3) is 0 Å². The molecule has 2 atom stereocenters. The third kappa shape index (κ3) is 6.05. The molecule has 1 N–H and O–H groups in total. The monoisotopic (exact) mass is 302 g/mol. The lowest BCUT2D eigenvalue weighted by Crippen LogP contribution is -2.11. The summed E-state index contributed by atoms with van der Waals surface area (Å²) in [5.41, 5.74) is 4.63. The average molecular weight is 302 g/mol. The summed E-state index contributed by atoms with van der Waals surface area (Å²) in [7, 11) is 0. The molecule has 22 heavy (non-hydrogen) atoms. The van der Waals surface area contributed by atoms with E-state index in [1.54, 1.807) is 5.57 Å². The fourth-order valence-electron chi connectivity index (χ4n) is 2.89. The Morgan fingerprint density at radius 1 is 1.05 bits per heavy atom. The predicted molar refractivity (Wildman–Crippen MR) is 93.8 cm³/mol. The van der Waals surface area contributed by atoms with Crippen LogP contribution in [0.15, 0.2) is 47.6 Å². The van der Waals surface area contributed by atoms with Crippen LogP contribution in [0.1, 0.15) is 59.3 Å². The van der Waals surface area contributed by atoms with E-state index in [1.807, 2.05) is 13.0 Å². The van der Waals surface area contributed by atoms with Gasteiger partial charge in [-0.3, -0.25) is 0 Å². The predicted octanol–water partition coefficient (Wildman–Crippen LogP) is 5.68. The number of carbonyl (C=O) groups is 1. The second kappa shape index (κ2) is 8.77. The van der Waals surface area contributed by atoms with E-state index in [1.165, 1.54) is 24.8 Å². The first-order valence-corrected chi connectivity index (χ1v) is 8.20. The number of hydrogen-bond acceptors (Lipinski definition) is 1. The Labute approximate surface area is 135 Å². The highest BCUT2D eigenvalue weighted by molar-refractivity contribution is 5.86. The molecule has 122 valence electrons. The summed E-state index contributed by atoms with van der Waals surface area (Å²) < 4.78 is 0. The highest BCUT2D eigenvalue weighted by atomic mass is 16.4. The minimum atomic E-state index is -0.768. The number of hydrogen-bond donors (Lipinski definition) is 1. The highest BCUT2D eigenvalue weighted by Crippen LogP contribution is 2.28. The van der Waals surface area contributed by atoms with Crippen LogP contribution in [-0.2, 0) is 4.79 Å². The molecule has 2 rings (SSSR count). The van der Waals surface area contributed by atoms with E-state index < -0.39 is 5.97 Å². The van der Waals surface area contributed by atoms with Gasteiger partial charge in [0.1, 0.15) is 0 Å². The summed E-state index contributed by atoms with van der Waals surface area (Å²) in [5, 5.41) is 8.67. The molecule has 0 aromatic carbocycles. The summed E-state index contributed by atoms with van der Waals surface area (Å²) in [6, 6.07) is 0. The van der Waals surface area contributed by atoms with Gasteiger partial charge >= 0.3 is 5.97 Å². The van der Waals surface area contributed by atoms with Crippen molar-refractivity contribution in [1.82, 2.24) is 0 Å². The van der Waals surface area contributed by atoms with Crippen molar-refractivity contribution in [3.63, 3.8) is 0 Å². The molecule has 0 saturated heterocycles. The summed E-state index contributed by atoms with van der Waals surface area (Å²) in [4.78, 5) is 10.5. The lowest BCUT2D eigenvalue weighted by Gasteiger charge is -2.19. The first kappa shape index (κ1) is 18.5. The van der Waals surface area contributed by atoms with Gasteiger partial charge < -0.3 is 5.11 Å². The molecule has 2 heteroatoms. The molecule has 0 saturated carbocycles. The minimum Gasteiger partial charge on any atom is -0.478 e. The van der Waals surface area contributed by atoms with Crippen molar-refractivity contribution in [2.45, 2.75) is 59.3 Å². The van der Waals surface area contributed by atoms with Crippen LogP contribution in [0, 0.1) is 11.8 Å². The fourth-order valence-corrected chi connectivity index (χ4v) is 2.89. The number of aliphatic carboxylic acids is 1. The van der Waals surface area contributed by atoms with E-state index in [9.17, 15) is 4.79 Å². The van der Waals surface area contributed by atoms with E-state index in [0.717, 1.165) is 24.3 Å². The Hall–Kier alpha value is -1.57. The van der Waals surface area contributed by atoms with E-state index in [-0.39, 0.29) is 0 Å². The van der Waals surface area contributed by atoms with Crippen molar-refractivity contribution < 1.29 is 9.90 Å². The summed E-state index contributed by atoms with van der Waals surface area (Å²) in [5.74, 6) is 0.493. The maximum Gasteiger partial charge on any atom is 0.331 e. The molecule has 0 bridgehead atoms. The van der Waals surface area contributed by atoms with Gasteiger partial charge in [-0.1, -0.05) is 42.0 Å². The van der Waals surface area contributed by atoms with Crippen LogP contribution in [0.2, 0.25) is 0 Å². The molecule has 2 aliphatic rings. The maximum atomic E-state index is 10.5. The summed E-state index contributed by atoms with van der Waals surface area (Å²) in [6.45, 7) is 14.2. The van der Waals surface area contributed by atoms with Gasteiger partial charge in [0, 0.05) is 5.57 Å². The van der Waals surface area contributed by atoms with Gasteiger partial charge in [0.05, 0.1) is 0 Å². The number of carboxylic acids is 1. The second-order valence-electron chi connectivity index (χ2n) is 6.72. The molecule has 0 amide bonds. The van der Waals surface area contributed by atoms with Gasteiger partial charge in [-0.2, -0.15) is 0 Å². The Morgan fingerprint density at radius 2 is 1.55 bits per heavy atom. The minimum absolute atomic E-state index is 0.494. The summed E-state index contributed by atoms with van der Waals surface area (Å²) in [6.07, 6.45) is 10.5. The molecule has 0 spiro atoms. The Bertz CT molecular complexity index is 494. The molecule has 2 aliphatic carbocycles. The van der Waals surface area contributed by atoms with Gasteiger partial charge in [0.15, 0.2) is 0 Å². The van der Waals surface area contributed by atoms with Crippen LogP contribution >= 0.6 is 0 Å². The smallest absolute Gasteiger partial charge is 0.331 e. The van der Waals surface area contributed by atoms with Crippen LogP contribution in [0.3, 0.4) is 0 Å². The standard InChI is InChI=1S/C10H14O2.C10H16/c1-7(2)8-3-5-9(6-4-8)10(11)12;1-8(2)10-6-4-9(3)5-7-10/h5,8H,1,3-4,6H2,2H3,(H,11,12);4,10H,1,5-7H2,2-3H3. The SMILES string of the molecule is C=C(C)C1CC=C(C(=O)O)CC1.C=C(C)C1CC=C(C)CC1. The van der Waals surface area contributed by atoms with Crippen LogP contribution < -0.4 is 0 Å². The zero-order valence-electron chi connectivity index (χ0n) is 14.3. The third-order valence-corrected chi connectivity index (χ3v) is 4.72. The van der Waals surface area contributed by atoms with Gasteiger partial charge in [0.25, 0.3) is 0 Å². The van der Waals surface area contributed by atoms with E-state index in [2.05, 4.69) is 33.1 Å². The Kier molecular flexibility index (Phi) is 7.37. The second-order valence-corrected chi connectivity index (χ2v) is 6.72. The van der Waals surface area contributed by atoms with Gasteiger partial charge in [0.2, 0.25) is 0 Å². The van der Waals surface area contributed by atoms with Crippen molar-refractivity contribution in [1.29, 1.82) is 0 Å². The van der Waals surface area contributed by atoms with Crippen molar-refractivity contribution in [2.75, 3.05) is 0 Å². The Balaban J connectivity index is 0.000000224. The number of rotatable bonds is 3. The van der Waals surface area contributed by atoms with Gasteiger partial charge in [-0.15, -0.1) is 0 Å². The van der Waals surface area contributed by atoms with Crippen LogP contribution in [-0.4, -0.2) is 11.1 Å². The molecule has 0 radical (unpaired) electrons. The van der Waals surface area contributed by atoms with Crippen molar-refractivity contribution in [3.8, 4) is 0 Å². The van der Waals surface area contributed by atoms with Gasteiger partial charge in [-0.05, 0) is 71.1 Å². The third-order valence-electron chi connectivity index (χ3n) is 4.72. The van der Waals surface area contributed by atoms with E-state index in [4.69, 9.17) is 5.11 Å². The molecule has 0 aromatic rings. The molecular weight excluding hydrogens is 272 g/mol. The molecule has 2 nitrogen and oxygen atoms in total. The van der Waals surface area contributed by atoms with E-state index in [0.29, 0.717) is 17.9 Å². The first-order valence-electron chi connectivity index (χ1n) is 8.20. The molecule has 0 fully saturated rings. The quantitative estimate of drug-likeness (QED) is 0.681. The van der Waals surface area contributed by atoms with Crippen molar-refractivity contribution in [3.05, 3.63) is 47.6 Å². The molecule has 0 aromatic heterocycles. The topological polar surface area (TPSA) is 37.3 Å². The maximum absolute atomic E-state index is 10.5. The zero-order valence-corrected chi connectivity index (χ0v) is 14.3. The molecule has 0 aliphatic heterocycles. The van der Waals surface area contributed by atoms with Crippen molar-refractivity contribution >= 4 is 5.97 Å². The van der Waals surface area contributed by atoms with Gasteiger partial charge in [-0.25, -0.2) is 4.79 Å². The zero-order chi connectivity index (χ0) is 16.7. The average Bonchev–Trinajstić information content (AvgIpc) is 2.48. The number of allylic oxidation sites excluding steroid dienone is 5. The van der Waals surface area contributed by atoms with Crippen LogP contribution in [0.4, 0.5) is 0 Å². The lowest BCUT2D eigenvalue weighted by atomic mass is 9.86. The largest absolute Gasteiger partial charge is 0.478 e. The normalized spacial score (nSPS) is 24.3. The molecule has 0 heterocycles. The van der Waals surface area contributed by atoms with Crippen LogP contribution in [0.5, 0.6) is 0 Å². The summed E-state index contributed by atoms with van der Waals surface area (Å²) >= 11 is 0. The fraction of sp³-hybridized carbons (Fsp3) is 0.550. The molecular formula is C20H30O2. The lowest BCUT2D eigenvalue weighted by molar-refractivity contribution is -0.132. The van der Waals surface area contributed by atoms with Crippen molar-refractivity contribution in [2.24, 2.45) is 11.8 Å². The van der Waals surface area contributed by atoms with E-state index >= 15 is 0 Å². The number of carboxylic acid groups (broad SMARTS) is 1. The molecule has 2 unspecified atom stereocenters. The highest BCUT2D eigenvalue weighted by Gasteiger charge is 2.18. The Morgan fingerprint density at radius 3 is 1.86 bits per heavy atom.